The van der Waals surface area contributed by atoms with Crippen molar-refractivity contribution in [3.63, 3.8) is 0 Å². The molecule has 2 nitrogen and oxygen atoms in total. The molecule has 6 heteroatoms. The Morgan fingerprint density at radius 1 is 1.37 bits per heavy atom. The van der Waals surface area contributed by atoms with Crippen LogP contribution in [0.25, 0.3) is 0 Å². The predicted octanol–water partition coefficient (Wildman–Crippen LogP) is 4.15. The molecule has 0 saturated heterocycles. The van der Waals surface area contributed by atoms with Crippen molar-refractivity contribution < 1.29 is 18.3 Å². The van der Waals surface area contributed by atoms with Crippen LogP contribution in [0.5, 0.6) is 0 Å². The molecule has 0 amide bonds. The smallest absolute Gasteiger partial charge is 0.385 e. The molecule has 1 aromatic heterocycles. The normalized spacial score (nSPS) is 28.4. The highest BCUT2D eigenvalue weighted by Crippen LogP contribution is 2.44. The molecule has 1 aromatic rings. The molecule has 2 atom stereocenters. The molecule has 1 heterocycles. The van der Waals surface area contributed by atoms with Crippen molar-refractivity contribution in [2.75, 3.05) is 0 Å². The molecule has 1 fully saturated rings. The fraction of sp³-hybridized carbons (Fsp3) is 0.615. The summed E-state index contributed by atoms with van der Waals surface area (Å²) in [7, 11) is 0. The number of aromatic nitrogens is 1. The van der Waals surface area contributed by atoms with Gasteiger partial charge in [0.1, 0.15) is 10.8 Å². The molecule has 19 heavy (non-hydrogen) atoms. The van der Waals surface area contributed by atoms with Gasteiger partial charge in [-0.3, -0.25) is 0 Å². The Hall–Kier alpha value is -0.810. The van der Waals surface area contributed by atoms with E-state index in [1.54, 1.807) is 0 Å². The summed E-state index contributed by atoms with van der Waals surface area (Å²) in [4.78, 5) is 3.38. The number of nitrogens with zero attached hydrogens (tertiary/aromatic N) is 1. The van der Waals surface area contributed by atoms with Crippen LogP contribution in [0.2, 0.25) is 5.15 Å². The van der Waals surface area contributed by atoms with Crippen LogP contribution in [0.1, 0.15) is 43.9 Å². The van der Waals surface area contributed by atoms with E-state index in [1.807, 2.05) is 6.92 Å². The van der Waals surface area contributed by atoms with E-state index >= 15 is 0 Å². The molecule has 2 unspecified atom stereocenters. The number of aliphatic hydroxyl groups is 1. The fourth-order valence-electron chi connectivity index (χ4n) is 2.65. The first-order valence-electron chi connectivity index (χ1n) is 6.22. The lowest BCUT2D eigenvalue weighted by molar-refractivity contribution is -0.141. The van der Waals surface area contributed by atoms with Gasteiger partial charge >= 0.3 is 6.18 Å². The number of rotatable bonds is 1. The van der Waals surface area contributed by atoms with Gasteiger partial charge < -0.3 is 5.11 Å². The SMILES string of the molecule is CC1CCCCC1(O)c1ccc(C(F)(F)F)nc1Cl. The minimum Gasteiger partial charge on any atom is -0.385 e. The van der Waals surface area contributed by atoms with Crippen molar-refractivity contribution in [2.24, 2.45) is 5.92 Å². The topological polar surface area (TPSA) is 33.1 Å². The summed E-state index contributed by atoms with van der Waals surface area (Å²) < 4.78 is 37.6. The van der Waals surface area contributed by atoms with Crippen molar-refractivity contribution in [1.29, 1.82) is 0 Å². The van der Waals surface area contributed by atoms with Gasteiger partial charge in [0, 0.05) is 5.56 Å². The Balaban J connectivity index is 2.41. The maximum Gasteiger partial charge on any atom is 0.433 e. The van der Waals surface area contributed by atoms with E-state index in [1.165, 1.54) is 6.07 Å². The summed E-state index contributed by atoms with van der Waals surface area (Å²) in [5.74, 6) is -0.0442. The summed E-state index contributed by atoms with van der Waals surface area (Å²) in [5.41, 5.74) is -1.91. The number of alkyl halides is 3. The summed E-state index contributed by atoms with van der Waals surface area (Å²) in [5, 5.41) is 10.4. The van der Waals surface area contributed by atoms with Crippen molar-refractivity contribution in [2.45, 2.75) is 44.4 Å². The largest absolute Gasteiger partial charge is 0.433 e. The molecule has 0 spiro atoms. The van der Waals surface area contributed by atoms with E-state index in [-0.39, 0.29) is 11.1 Å². The summed E-state index contributed by atoms with van der Waals surface area (Å²) in [6.45, 7) is 1.88. The van der Waals surface area contributed by atoms with Gasteiger partial charge in [0.25, 0.3) is 0 Å². The molecule has 0 aliphatic heterocycles. The molecule has 106 valence electrons. The molecule has 0 aromatic carbocycles. The van der Waals surface area contributed by atoms with Gasteiger partial charge in [-0.05, 0) is 24.8 Å². The highest BCUT2D eigenvalue weighted by Gasteiger charge is 2.41. The van der Waals surface area contributed by atoms with E-state index in [2.05, 4.69) is 4.98 Å². The molecule has 1 aliphatic rings. The Bertz CT molecular complexity index is 477. The first-order chi connectivity index (χ1) is 8.75. The van der Waals surface area contributed by atoms with E-state index < -0.39 is 17.5 Å². The molecular weight excluding hydrogens is 279 g/mol. The maximum atomic E-state index is 12.5. The summed E-state index contributed by atoms with van der Waals surface area (Å²) in [6.07, 6.45) is -1.36. The number of hydrogen-bond donors (Lipinski definition) is 1. The second-order valence-electron chi connectivity index (χ2n) is 5.10. The highest BCUT2D eigenvalue weighted by molar-refractivity contribution is 6.30. The number of pyridine rings is 1. The van der Waals surface area contributed by atoms with Crippen LogP contribution in [0.15, 0.2) is 12.1 Å². The number of hydrogen-bond acceptors (Lipinski definition) is 2. The van der Waals surface area contributed by atoms with Crippen LogP contribution in [0.3, 0.4) is 0 Å². The van der Waals surface area contributed by atoms with Gasteiger partial charge in [-0.15, -0.1) is 0 Å². The summed E-state index contributed by atoms with van der Waals surface area (Å²) in [6, 6.07) is 2.13. The van der Waals surface area contributed by atoms with Crippen LogP contribution in [-0.4, -0.2) is 10.1 Å². The molecule has 1 N–H and O–H groups in total. The second kappa shape index (κ2) is 4.94. The standard InChI is InChI=1S/C13H15ClF3NO/c1-8-4-2-3-7-12(8,19)9-5-6-10(13(15,16)17)18-11(9)14/h5-6,8,19H,2-4,7H2,1H3. The van der Waals surface area contributed by atoms with Crippen molar-refractivity contribution in [3.8, 4) is 0 Å². The molecular formula is C13H15ClF3NO. The van der Waals surface area contributed by atoms with Crippen LogP contribution < -0.4 is 0 Å². The third-order valence-electron chi connectivity index (χ3n) is 3.87. The first kappa shape index (κ1) is 14.6. The molecule has 0 bridgehead atoms. The fourth-order valence-corrected chi connectivity index (χ4v) is 2.96. The van der Waals surface area contributed by atoms with Gasteiger partial charge in [-0.2, -0.15) is 13.2 Å². The quantitative estimate of drug-likeness (QED) is 0.789. The predicted molar refractivity (Wildman–Crippen MR) is 65.8 cm³/mol. The third kappa shape index (κ3) is 2.72. The van der Waals surface area contributed by atoms with E-state index in [9.17, 15) is 18.3 Å². The van der Waals surface area contributed by atoms with Crippen molar-refractivity contribution in [3.05, 3.63) is 28.5 Å². The van der Waals surface area contributed by atoms with Gasteiger partial charge in [-0.1, -0.05) is 37.4 Å². The lowest BCUT2D eigenvalue weighted by atomic mass is 9.73. The average molecular weight is 294 g/mol. The highest BCUT2D eigenvalue weighted by atomic mass is 35.5. The third-order valence-corrected chi connectivity index (χ3v) is 4.15. The van der Waals surface area contributed by atoms with E-state index in [0.717, 1.165) is 25.3 Å². The second-order valence-corrected chi connectivity index (χ2v) is 5.46. The van der Waals surface area contributed by atoms with Crippen molar-refractivity contribution >= 4 is 11.6 Å². The number of halogens is 4. The Labute approximate surface area is 114 Å². The van der Waals surface area contributed by atoms with Gasteiger partial charge in [0.15, 0.2) is 0 Å². The van der Waals surface area contributed by atoms with Crippen LogP contribution >= 0.6 is 11.6 Å². The molecule has 1 saturated carbocycles. The van der Waals surface area contributed by atoms with Gasteiger partial charge in [-0.25, -0.2) is 4.98 Å². The lowest BCUT2D eigenvalue weighted by Crippen LogP contribution is -2.37. The lowest BCUT2D eigenvalue weighted by Gasteiger charge is -2.38. The minimum atomic E-state index is -4.52. The zero-order valence-corrected chi connectivity index (χ0v) is 11.2. The van der Waals surface area contributed by atoms with Crippen molar-refractivity contribution in [1.82, 2.24) is 4.98 Å². The zero-order chi connectivity index (χ0) is 14.3. The van der Waals surface area contributed by atoms with E-state index in [0.29, 0.717) is 12.0 Å². The Kier molecular flexibility index (Phi) is 3.80. The summed E-state index contributed by atoms with van der Waals surface area (Å²) >= 11 is 5.85. The zero-order valence-electron chi connectivity index (χ0n) is 10.5. The minimum absolute atomic E-state index is 0.0442. The van der Waals surface area contributed by atoms with Crippen LogP contribution in [0, 0.1) is 5.92 Å². The van der Waals surface area contributed by atoms with Crippen LogP contribution in [0.4, 0.5) is 13.2 Å². The molecule has 0 radical (unpaired) electrons. The molecule has 1 aliphatic carbocycles. The van der Waals surface area contributed by atoms with Crippen LogP contribution in [-0.2, 0) is 11.8 Å². The average Bonchev–Trinajstić information content (AvgIpc) is 2.31. The van der Waals surface area contributed by atoms with Gasteiger partial charge in [0.2, 0.25) is 0 Å². The van der Waals surface area contributed by atoms with Gasteiger partial charge in [0.05, 0.1) is 5.60 Å². The Morgan fingerprint density at radius 3 is 2.58 bits per heavy atom. The molecule has 2 rings (SSSR count). The van der Waals surface area contributed by atoms with E-state index in [4.69, 9.17) is 11.6 Å². The maximum absolute atomic E-state index is 12.5. The Morgan fingerprint density at radius 2 is 2.05 bits per heavy atom. The first-order valence-corrected chi connectivity index (χ1v) is 6.59. The monoisotopic (exact) mass is 293 g/mol.